The highest BCUT2D eigenvalue weighted by Gasteiger charge is 2.20. The van der Waals surface area contributed by atoms with Crippen molar-refractivity contribution < 1.29 is 0 Å². The maximum Gasteiger partial charge on any atom is 0.0384 e. The monoisotopic (exact) mass is 223 g/mol. The van der Waals surface area contributed by atoms with Gasteiger partial charge in [-0.25, -0.2) is 0 Å². The molecule has 0 bridgehead atoms. The van der Waals surface area contributed by atoms with E-state index in [9.17, 15) is 0 Å². The first-order valence-corrected chi connectivity index (χ1v) is 6.22. The van der Waals surface area contributed by atoms with Crippen LogP contribution in [-0.4, -0.2) is 6.04 Å². The Morgan fingerprint density at radius 1 is 0.941 bits per heavy atom. The molecule has 86 valence electrons. The Kier molecular flexibility index (Phi) is 2.40. The van der Waals surface area contributed by atoms with Crippen molar-refractivity contribution in [1.29, 1.82) is 0 Å². The van der Waals surface area contributed by atoms with Gasteiger partial charge in [-0.2, -0.15) is 0 Å². The van der Waals surface area contributed by atoms with Gasteiger partial charge in [0.1, 0.15) is 0 Å². The smallest absolute Gasteiger partial charge is 0.0384 e. The highest BCUT2D eigenvalue weighted by molar-refractivity contribution is 5.81. The van der Waals surface area contributed by atoms with E-state index in [1.807, 2.05) is 0 Å². The van der Waals surface area contributed by atoms with E-state index in [2.05, 4.69) is 61.6 Å². The van der Waals surface area contributed by atoms with Crippen molar-refractivity contribution in [2.45, 2.75) is 26.3 Å². The van der Waals surface area contributed by atoms with Gasteiger partial charge in [-0.3, -0.25) is 0 Å². The second-order valence-corrected chi connectivity index (χ2v) is 4.96. The lowest BCUT2D eigenvalue weighted by molar-refractivity contribution is 0.896. The highest BCUT2D eigenvalue weighted by atomic mass is 14.9. The average Bonchev–Trinajstić information content (AvgIpc) is 2.68. The van der Waals surface area contributed by atoms with Crippen LogP contribution >= 0.6 is 0 Å². The summed E-state index contributed by atoms with van der Waals surface area (Å²) < 4.78 is 0. The number of fused-ring (bicyclic) bond motifs is 3. The van der Waals surface area contributed by atoms with Crippen molar-refractivity contribution in [1.82, 2.24) is 0 Å². The predicted molar refractivity (Wildman–Crippen MR) is 73.4 cm³/mol. The van der Waals surface area contributed by atoms with Gasteiger partial charge in [0, 0.05) is 18.2 Å². The maximum atomic E-state index is 3.54. The second kappa shape index (κ2) is 3.92. The predicted octanol–water partition coefficient (Wildman–Crippen LogP) is 4.08. The zero-order valence-corrected chi connectivity index (χ0v) is 10.3. The van der Waals surface area contributed by atoms with E-state index in [0.717, 1.165) is 6.42 Å². The minimum atomic E-state index is 0.477. The molecule has 1 heteroatoms. The van der Waals surface area contributed by atoms with E-state index in [-0.39, 0.29) is 0 Å². The van der Waals surface area contributed by atoms with Crippen LogP contribution in [0, 0.1) is 0 Å². The Morgan fingerprint density at radius 3 is 2.53 bits per heavy atom. The molecule has 17 heavy (non-hydrogen) atoms. The van der Waals surface area contributed by atoms with E-state index in [0.29, 0.717) is 6.04 Å². The Balaban J connectivity index is 2.11. The molecular weight excluding hydrogens is 206 g/mol. The largest absolute Gasteiger partial charge is 0.383 e. The standard InChI is InChI=1S/C16H17N/c1-11(2)17-16-9-5-8-14-13-7-4-3-6-12(13)10-15(14)16/h3-9,11,17H,10H2,1-2H3. The topological polar surface area (TPSA) is 12.0 Å². The molecule has 2 aromatic rings. The zero-order chi connectivity index (χ0) is 11.8. The van der Waals surface area contributed by atoms with Crippen molar-refractivity contribution >= 4 is 5.69 Å². The van der Waals surface area contributed by atoms with Crippen LogP contribution in [-0.2, 0) is 6.42 Å². The number of benzene rings is 2. The molecule has 0 aliphatic heterocycles. The molecule has 1 N–H and O–H groups in total. The van der Waals surface area contributed by atoms with Crippen LogP contribution in [0.2, 0.25) is 0 Å². The van der Waals surface area contributed by atoms with Gasteiger partial charge in [0.2, 0.25) is 0 Å². The zero-order valence-electron chi connectivity index (χ0n) is 10.3. The van der Waals surface area contributed by atoms with E-state index >= 15 is 0 Å². The summed E-state index contributed by atoms with van der Waals surface area (Å²) in [5.74, 6) is 0. The number of anilines is 1. The number of hydrogen-bond acceptors (Lipinski definition) is 1. The molecule has 0 radical (unpaired) electrons. The van der Waals surface area contributed by atoms with E-state index in [4.69, 9.17) is 0 Å². The Hall–Kier alpha value is -1.76. The fourth-order valence-electron chi connectivity index (χ4n) is 2.60. The lowest BCUT2D eigenvalue weighted by Gasteiger charge is -2.14. The van der Waals surface area contributed by atoms with Gasteiger partial charge in [0.25, 0.3) is 0 Å². The third-order valence-corrected chi connectivity index (χ3v) is 3.29. The molecule has 0 amide bonds. The molecular formula is C16H17N. The molecule has 1 aliphatic rings. The summed E-state index contributed by atoms with van der Waals surface area (Å²) in [6, 6.07) is 15.7. The molecule has 0 spiro atoms. The fraction of sp³-hybridized carbons (Fsp3) is 0.250. The number of rotatable bonds is 2. The number of nitrogens with one attached hydrogen (secondary N) is 1. The van der Waals surface area contributed by atoms with E-state index < -0.39 is 0 Å². The van der Waals surface area contributed by atoms with Crippen LogP contribution in [0.4, 0.5) is 5.69 Å². The first-order chi connectivity index (χ1) is 8.25. The van der Waals surface area contributed by atoms with Crippen LogP contribution in [0.15, 0.2) is 42.5 Å². The summed E-state index contributed by atoms with van der Waals surface area (Å²) in [5.41, 5.74) is 6.97. The van der Waals surface area contributed by atoms with Crippen molar-refractivity contribution in [2.24, 2.45) is 0 Å². The first-order valence-electron chi connectivity index (χ1n) is 6.22. The van der Waals surface area contributed by atoms with Gasteiger partial charge in [0.15, 0.2) is 0 Å². The summed E-state index contributed by atoms with van der Waals surface area (Å²) in [5, 5.41) is 3.54. The molecule has 2 aromatic carbocycles. The van der Waals surface area contributed by atoms with E-state index in [1.54, 1.807) is 0 Å². The molecule has 3 rings (SSSR count). The maximum absolute atomic E-state index is 3.54. The lowest BCUT2D eigenvalue weighted by Crippen LogP contribution is -2.11. The quantitative estimate of drug-likeness (QED) is 0.690. The van der Waals surface area contributed by atoms with Crippen LogP contribution in [0.1, 0.15) is 25.0 Å². The van der Waals surface area contributed by atoms with Crippen molar-refractivity contribution in [3.05, 3.63) is 53.6 Å². The SMILES string of the molecule is CC(C)Nc1cccc2c1Cc1ccccc1-2. The summed E-state index contributed by atoms with van der Waals surface area (Å²) in [4.78, 5) is 0. The van der Waals surface area contributed by atoms with Crippen LogP contribution in [0.5, 0.6) is 0 Å². The summed E-state index contributed by atoms with van der Waals surface area (Å²) in [6.45, 7) is 4.36. The minimum Gasteiger partial charge on any atom is -0.383 e. The molecule has 0 saturated carbocycles. The summed E-state index contributed by atoms with van der Waals surface area (Å²) in [6.07, 6.45) is 1.06. The van der Waals surface area contributed by atoms with Crippen LogP contribution < -0.4 is 5.32 Å². The third-order valence-electron chi connectivity index (χ3n) is 3.29. The molecule has 0 unspecified atom stereocenters. The summed E-state index contributed by atoms with van der Waals surface area (Å²) >= 11 is 0. The molecule has 0 heterocycles. The van der Waals surface area contributed by atoms with Crippen LogP contribution in [0.25, 0.3) is 11.1 Å². The van der Waals surface area contributed by atoms with Gasteiger partial charge >= 0.3 is 0 Å². The Morgan fingerprint density at radius 2 is 1.71 bits per heavy atom. The van der Waals surface area contributed by atoms with Gasteiger partial charge < -0.3 is 5.32 Å². The van der Waals surface area contributed by atoms with Crippen molar-refractivity contribution in [3.8, 4) is 11.1 Å². The van der Waals surface area contributed by atoms with Gasteiger partial charge in [-0.15, -0.1) is 0 Å². The van der Waals surface area contributed by atoms with Crippen molar-refractivity contribution in [3.63, 3.8) is 0 Å². The molecule has 1 nitrogen and oxygen atoms in total. The average molecular weight is 223 g/mol. The third kappa shape index (κ3) is 1.72. The minimum absolute atomic E-state index is 0.477. The first kappa shape index (κ1) is 10.4. The molecule has 0 aromatic heterocycles. The lowest BCUT2D eigenvalue weighted by atomic mass is 10.0. The van der Waals surface area contributed by atoms with Gasteiger partial charge in [-0.05, 0) is 42.2 Å². The Bertz CT molecular complexity index is 555. The summed E-state index contributed by atoms with van der Waals surface area (Å²) in [7, 11) is 0. The molecule has 1 aliphatic carbocycles. The normalized spacial score (nSPS) is 12.4. The highest BCUT2D eigenvalue weighted by Crippen LogP contribution is 2.39. The van der Waals surface area contributed by atoms with Crippen molar-refractivity contribution in [2.75, 3.05) is 5.32 Å². The van der Waals surface area contributed by atoms with Crippen LogP contribution in [0.3, 0.4) is 0 Å². The number of hydrogen-bond donors (Lipinski definition) is 1. The van der Waals surface area contributed by atoms with Gasteiger partial charge in [0.05, 0.1) is 0 Å². The van der Waals surface area contributed by atoms with E-state index in [1.165, 1.54) is 27.9 Å². The molecule has 0 fully saturated rings. The second-order valence-electron chi connectivity index (χ2n) is 4.96. The van der Waals surface area contributed by atoms with Gasteiger partial charge in [-0.1, -0.05) is 36.4 Å². The fourth-order valence-corrected chi connectivity index (χ4v) is 2.60. The molecule has 0 atom stereocenters. The Labute approximate surface area is 102 Å². The molecule has 0 saturated heterocycles.